The third kappa shape index (κ3) is 2.81. The van der Waals surface area contributed by atoms with Crippen LogP contribution in [0.2, 0.25) is 0 Å². The van der Waals surface area contributed by atoms with Crippen molar-refractivity contribution in [2.75, 3.05) is 5.32 Å². The summed E-state index contributed by atoms with van der Waals surface area (Å²) in [5, 5.41) is 4.63. The van der Waals surface area contributed by atoms with E-state index < -0.39 is 0 Å². The van der Waals surface area contributed by atoms with Gasteiger partial charge in [0.1, 0.15) is 0 Å². The molecule has 0 aliphatic rings. The van der Waals surface area contributed by atoms with E-state index in [9.17, 15) is 0 Å². The Kier molecular flexibility index (Phi) is 4.21. The fourth-order valence-corrected chi connectivity index (χ4v) is 3.16. The van der Waals surface area contributed by atoms with Gasteiger partial charge in [0.15, 0.2) is 0 Å². The van der Waals surface area contributed by atoms with Crippen molar-refractivity contribution in [3.63, 3.8) is 0 Å². The Bertz CT molecular complexity index is 758. The zero-order chi connectivity index (χ0) is 13.9. The van der Waals surface area contributed by atoms with Gasteiger partial charge in [0.2, 0.25) is 0 Å². The lowest BCUT2D eigenvalue weighted by molar-refractivity contribution is 1.15. The van der Waals surface area contributed by atoms with Crippen LogP contribution in [0.4, 0.5) is 5.69 Å². The topological polar surface area (TPSA) is 24.9 Å². The number of anilines is 1. The van der Waals surface area contributed by atoms with Gasteiger partial charge in [-0.2, -0.15) is 0 Å². The van der Waals surface area contributed by atoms with E-state index in [-0.39, 0.29) is 0 Å². The Morgan fingerprint density at radius 2 is 1.90 bits per heavy atom. The summed E-state index contributed by atoms with van der Waals surface area (Å²) >= 11 is 5.92. The highest BCUT2D eigenvalue weighted by Crippen LogP contribution is 2.26. The molecule has 2 aromatic carbocycles. The summed E-state index contributed by atoms with van der Waals surface area (Å²) in [7, 11) is 0. The molecule has 20 heavy (non-hydrogen) atoms. The second-order valence-corrected chi connectivity index (χ2v) is 6.46. The third-order valence-corrected chi connectivity index (χ3v) is 4.78. The maximum atomic E-state index is 4.50. The van der Waals surface area contributed by atoms with Crippen LogP contribution in [0.1, 0.15) is 5.56 Å². The van der Waals surface area contributed by atoms with Gasteiger partial charge in [0.25, 0.3) is 0 Å². The SMILES string of the molecule is Brc1ccc(CNc2ccccc2I)c2ncccc12. The van der Waals surface area contributed by atoms with Crippen molar-refractivity contribution < 1.29 is 0 Å². The first-order valence-corrected chi connectivity index (χ1v) is 8.13. The summed E-state index contributed by atoms with van der Waals surface area (Å²) in [5.41, 5.74) is 3.39. The van der Waals surface area contributed by atoms with Crippen molar-refractivity contribution in [1.29, 1.82) is 0 Å². The molecule has 0 aliphatic carbocycles. The molecule has 0 spiro atoms. The van der Waals surface area contributed by atoms with Crippen LogP contribution < -0.4 is 5.32 Å². The van der Waals surface area contributed by atoms with E-state index in [0.29, 0.717) is 0 Å². The molecule has 0 saturated heterocycles. The zero-order valence-corrected chi connectivity index (χ0v) is 14.3. The summed E-state index contributed by atoms with van der Waals surface area (Å²) in [5.74, 6) is 0. The Morgan fingerprint density at radius 1 is 1.05 bits per heavy atom. The standard InChI is InChI=1S/C16H12BrIN2/c17-13-8-7-11(16-12(13)4-3-9-19-16)10-20-15-6-2-1-5-14(15)18/h1-9,20H,10H2. The minimum atomic E-state index is 0.765. The normalized spacial score (nSPS) is 10.7. The van der Waals surface area contributed by atoms with Crippen LogP contribution in [0.15, 0.2) is 59.2 Å². The molecule has 0 aliphatic heterocycles. The molecule has 1 aromatic heterocycles. The van der Waals surface area contributed by atoms with Gasteiger partial charge in [-0.15, -0.1) is 0 Å². The number of rotatable bonds is 3. The number of pyridine rings is 1. The molecule has 0 radical (unpaired) electrons. The van der Waals surface area contributed by atoms with Crippen LogP contribution >= 0.6 is 38.5 Å². The zero-order valence-electron chi connectivity index (χ0n) is 10.6. The first kappa shape index (κ1) is 13.8. The highest BCUT2D eigenvalue weighted by Gasteiger charge is 2.06. The quantitative estimate of drug-likeness (QED) is 0.567. The van der Waals surface area contributed by atoms with Gasteiger partial charge in [0.05, 0.1) is 5.52 Å². The molecule has 3 rings (SSSR count). The average molecular weight is 439 g/mol. The Hall–Kier alpha value is -1.14. The lowest BCUT2D eigenvalue weighted by Crippen LogP contribution is -2.02. The molecule has 0 amide bonds. The van der Waals surface area contributed by atoms with Crippen molar-refractivity contribution in [3.8, 4) is 0 Å². The monoisotopic (exact) mass is 438 g/mol. The number of halogens is 2. The van der Waals surface area contributed by atoms with Gasteiger partial charge < -0.3 is 5.32 Å². The number of aromatic nitrogens is 1. The summed E-state index contributed by atoms with van der Waals surface area (Å²) < 4.78 is 2.30. The molecule has 100 valence electrons. The lowest BCUT2D eigenvalue weighted by atomic mass is 10.1. The molecule has 0 saturated carbocycles. The van der Waals surface area contributed by atoms with E-state index in [1.54, 1.807) is 0 Å². The maximum Gasteiger partial charge on any atom is 0.0763 e. The summed E-state index contributed by atoms with van der Waals surface area (Å²) in [6.07, 6.45) is 1.84. The molecule has 4 heteroatoms. The molecule has 0 unspecified atom stereocenters. The summed E-state index contributed by atoms with van der Waals surface area (Å²) in [6.45, 7) is 0.765. The number of nitrogens with zero attached hydrogens (tertiary/aromatic N) is 1. The molecule has 0 atom stereocenters. The van der Waals surface area contributed by atoms with Crippen LogP contribution in [-0.4, -0.2) is 4.98 Å². The highest BCUT2D eigenvalue weighted by atomic mass is 127. The van der Waals surface area contributed by atoms with E-state index in [1.807, 2.05) is 24.4 Å². The van der Waals surface area contributed by atoms with Crippen molar-refractivity contribution in [3.05, 3.63) is 68.3 Å². The smallest absolute Gasteiger partial charge is 0.0763 e. The van der Waals surface area contributed by atoms with Crippen molar-refractivity contribution in [2.45, 2.75) is 6.54 Å². The van der Waals surface area contributed by atoms with E-state index in [1.165, 1.54) is 9.13 Å². The van der Waals surface area contributed by atoms with Crippen molar-refractivity contribution in [1.82, 2.24) is 4.98 Å². The molecule has 0 bridgehead atoms. The first-order valence-electron chi connectivity index (χ1n) is 6.26. The summed E-state index contributed by atoms with van der Waals surface area (Å²) in [6, 6.07) is 16.5. The molecule has 1 N–H and O–H groups in total. The Labute approximate surface area is 139 Å². The van der Waals surface area contributed by atoms with Crippen molar-refractivity contribution in [2.24, 2.45) is 0 Å². The second-order valence-electron chi connectivity index (χ2n) is 4.44. The fourth-order valence-electron chi connectivity index (χ4n) is 2.13. The second kappa shape index (κ2) is 6.10. The fraction of sp³-hybridized carbons (Fsp3) is 0.0625. The number of hydrogen-bond donors (Lipinski definition) is 1. The number of benzene rings is 2. The third-order valence-electron chi connectivity index (χ3n) is 3.14. The van der Waals surface area contributed by atoms with E-state index >= 15 is 0 Å². The maximum absolute atomic E-state index is 4.50. The Balaban J connectivity index is 1.92. The number of nitrogens with one attached hydrogen (secondary N) is 1. The van der Waals surface area contributed by atoms with Crippen molar-refractivity contribution >= 4 is 55.1 Å². The Morgan fingerprint density at radius 3 is 2.75 bits per heavy atom. The minimum Gasteiger partial charge on any atom is -0.380 e. The molecular formula is C16H12BrIN2. The summed E-state index contributed by atoms with van der Waals surface area (Å²) in [4.78, 5) is 4.50. The van der Waals surface area contributed by atoms with E-state index in [0.717, 1.165) is 27.6 Å². The molecule has 2 nitrogen and oxygen atoms in total. The minimum absolute atomic E-state index is 0.765. The first-order chi connectivity index (χ1) is 9.75. The average Bonchev–Trinajstić information content (AvgIpc) is 2.48. The van der Waals surface area contributed by atoms with Crippen LogP contribution in [0.3, 0.4) is 0 Å². The number of para-hydroxylation sites is 1. The van der Waals surface area contributed by atoms with E-state index in [2.05, 4.69) is 79.2 Å². The molecular weight excluding hydrogens is 427 g/mol. The number of hydrogen-bond acceptors (Lipinski definition) is 2. The molecule has 1 heterocycles. The van der Waals surface area contributed by atoms with Gasteiger partial charge in [-0.1, -0.05) is 40.2 Å². The lowest BCUT2D eigenvalue weighted by Gasteiger charge is -2.11. The molecule has 0 fully saturated rings. The van der Waals surface area contributed by atoms with E-state index in [4.69, 9.17) is 0 Å². The van der Waals surface area contributed by atoms with Crippen LogP contribution in [0.25, 0.3) is 10.9 Å². The highest BCUT2D eigenvalue weighted by molar-refractivity contribution is 14.1. The largest absolute Gasteiger partial charge is 0.380 e. The molecule has 3 aromatic rings. The van der Waals surface area contributed by atoms with Gasteiger partial charge in [0, 0.05) is 31.9 Å². The predicted molar refractivity (Wildman–Crippen MR) is 95.9 cm³/mol. The van der Waals surface area contributed by atoms with Crippen LogP contribution in [-0.2, 0) is 6.54 Å². The van der Waals surface area contributed by atoms with Crippen LogP contribution in [0, 0.1) is 3.57 Å². The van der Waals surface area contributed by atoms with Gasteiger partial charge in [-0.3, -0.25) is 4.98 Å². The van der Waals surface area contributed by atoms with Gasteiger partial charge >= 0.3 is 0 Å². The predicted octanol–water partition coefficient (Wildman–Crippen LogP) is 5.21. The van der Waals surface area contributed by atoms with Crippen LogP contribution in [0.5, 0.6) is 0 Å². The number of fused-ring (bicyclic) bond motifs is 1. The van der Waals surface area contributed by atoms with Gasteiger partial charge in [-0.25, -0.2) is 0 Å². The van der Waals surface area contributed by atoms with Gasteiger partial charge in [-0.05, 0) is 52.4 Å².